The van der Waals surface area contributed by atoms with Crippen LogP contribution in [0, 0.1) is 5.92 Å². The van der Waals surface area contributed by atoms with E-state index >= 15 is 0 Å². The van der Waals surface area contributed by atoms with Gasteiger partial charge in [-0.1, -0.05) is 68.4 Å². The summed E-state index contributed by atoms with van der Waals surface area (Å²) in [6.07, 6.45) is 1.04. The maximum absolute atomic E-state index is 12.4. The third kappa shape index (κ3) is 5.70. The van der Waals surface area contributed by atoms with Crippen molar-refractivity contribution in [1.29, 1.82) is 0 Å². The quantitative estimate of drug-likeness (QED) is 0.712. The van der Waals surface area contributed by atoms with Crippen LogP contribution in [0.2, 0.25) is 0 Å². The van der Waals surface area contributed by atoms with Gasteiger partial charge in [0.2, 0.25) is 5.91 Å². The van der Waals surface area contributed by atoms with Crippen LogP contribution in [0.25, 0.3) is 0 Å². The summed E-state index contributed by atoms with van der Waals surface area (Å²) in [5.74, 6) is 0.142. The van der Waals surface area contributed by atoms with Crippen molar-refractivity contribution in [2.24, 2.45) is 11.7 Å². The Morgan fingerprint density at radius 2 is 1.54 bits per heavy atom. The van der Waals surface area contributed by atoms with E-state index in [4.69, 9.17) is 5.73 Å². The highest BCUT2D eigenvalue weighted by molar-refractivity contribution is 5.96. The van der Waals surface area contributed by atoms with E-state index in [2.05, 4.69) is 48.7 Å². The van der Waals surface area contributed by atoms with Gasteiger partial charge in [-0.05, 0) is 36.0 Å². The molecule has 5 nitrogen and oxygen atoms in total. The lowest BCUT2D eigenvalue weighted by Crippen LogP contribution is -2.43. The van der Waals surface area contributed by atoms with Crippen molar-refractivity contribution in [2.45, 2.75) is 39.3 Å². The third-order valence-corrected chi connectivity index (χ3v) is 4.18. The number of hydrogen-bond donors (Lipinski definition) is 3. The van der Waals surface area contributed by atoms with E-state index in [1.54, 1.807) is 0 Å². The predicted octanol–water partition coefficient (Wildman–Crippen LogP) is 3.47. The van der Waals surface area contributed by atoms with Crippen LogP contribution in [-0.2, 0) is 11.2 Å². The van der Waals surface area contributed by atoms with Crippen molar-refractivity contribution < 1.29 is 9.59 Å². The van der Waals surface area contributed by atoms with Crippen LogP contribution in [0.15, 0.2) is 54.6 Å². The molecule has 2 aromatic rings. The monoisotopic (exact) mass is 353 g/mol. The van der Waals surface area contributed by atoms with Crippen LogP contribution in [0.1, 0.15) is 49.5 Å². The Morgan fingerprint density at radius 3 is 2.08 bits per heavy atom. The molecular formula is C21H27N3O2. The highest BCUT2D eigenvalue weighted by Gasteiger charge is 2.23. The molecule has 138 valence electrons. The zero-order chi connectivity index (χ0) is 19.1. The lowest BCUT2D eigenvalue weighted by atomic mass is 9.98. The Labute approximate surface area is 155 Å². The smallest absolute Gasteiger partial charge is 0.318 e. The first-order chi connectivity index (χ1) is 12.4. The van der Waals surface area contributed by atoms with Gasteiger partial charge >= 0.3 is 6.03 Å². The maximum Gasteiger partial charge on any atom is 0.318 e. The molecule has 0 aliphatic heterocycles. The fourth-order valence-corrected chi connectivity index (χ4v) is 2.92. The molecule has 0 radical (unpaired) electrons. The zero-order valence-electron chi connectivity index (χ0n) is 15.5. The van der Waals surface area contributed by atoms with Crippen molar-refractivity contribution >= 4 is 11.9 Å². The summed E-state index contributed by atoms with van der Waals surface area (Å²) in [6.45, 7) is 6.38. The summed E-state index contributed by atoms with van der Waals surface area (Å²) in [6, 6.07) is 16.1. The molecule has 3 amide bonds. The average Bonchev–Trinajstić information content (AvgIpc) is 2.59. The van der Waals surface area contributed by atoms with E-state index in [1.165, 1.54) is 5.56 Å². The Kier molecular flexibility index (Phi) is 6.92. The molecule has 0 aliphatic rings. The van der Waals surface area contributed by atoms with Gasteiger partial charge in [0.05, 0.1) is 0 Å². The number of nitrogens with one attached hydrogen (secondary N) is 2. The summed E-state index contributed by atoms with van der Waals surface area (Å²) < 4.78 is 0. The highest BCUT2D eigenvalue weighted by Crippen LogP contribution is 2.21. The van der Waals surface area contributed by atoms with Crippen LogP contribution in [0.4, 0.5) is 4.79 Å². The van der Waals surface area contributed by atoms with Crippen LogP contribution in [-0.4, -0.2) is 11.9 Å². The van der Waals surface area contributed by atoms with E-state index < -0.39 is 18.0 Å². The molecule has 2 aromatic carbocycles. The van der Waals surface area contributed by atoms with Crippen molar-refractivity contribution in [1.82, 2.24) is 10.6 Å². The van der Waals surface area contributed by atoms with Crippen molar-refractivity contribution in [3.8, 4) is 0 Å². The van der Waals surface area contributed by atoms with Gasteiger partial charge in [0.15, 0.2) is 0 Å². The Morgan fingerprint density at radius 1 is 0.923 bits per heavy atom. The Bertz CT molecular complexity index is 727. The number of urea groups is 1. The molecule has 0 saturated carbocycles. The average molecular weight is 353 g/mol. The molecule has 0 spiro atoms. The first kappa shape index (κ1) is 19.7. The largest absolute Gasteiger partial charge is 0.351 e. The van der Waals surface area contributed by atoms with Crippen molar-refractivity contribution in [2.75, 3.05) is 0 Å². The number of rotatable bonds is 7. The molecule has 2 rings (SSSR count). The number of carbonyl (C=O) groups is 2. The normalized spacial score (nSPS) is 13.2. The summed E-state index contributed by atoms with van der Waals surface area (Å²) in [5, 5.41) is 5.46. The minimum atomic E-state index is -0.858. The second-order valence-corrected chi connectivity index (χ2v) is 6.93. The van der Waals surface area contributed by atoms with E-state index in [0.29, 0.717) is 5.92 Å². The zero-order valence-corrected chi connectivity index (χ0v) is 15.5. The SMILES string of the molecule is CC(C)Cc1ccc([C@@H](C)N[C@H](C(=O)NC(N)=O)c2ccccc2)cc1. The van der Waals surface area contributed by atoms with Crippen LogP contribution < -0.4 is 16.4 Å². The minimum Gasteiger partial charge on any atom is -0.351 e. The molecule has 0 saturated heterocycles. The van der Waals surface area contributed by atoms with E-state index in [1.807, 2.05) is 37.3 Å². The van der Waals surface area contributed by atoms with E-state index in [0.717, 1.165) is 17.5 Å². The van der Waals surface area contributed by atoms with E-state index in [9.17, 15) is 9.59 Å². The molecule has 5 heteroatoms. The predicted molar refractivity (Wildman–Crippen MR) is 103 cm³/mol. The lowest BCUT2D eigenvalue weighted by Gasteiger charge is -2.23. The topological polar surface area (TPSA) is 84.2 Å². The van der Waals surface area contributed by atoms with Crippen molar-refractivity contribution in [3.05, 3.63) is 71.3 Å². The van der Waals surface area contributed by atoms with Gasteiger partial charge in [-0.25, -0.2) is 4.79 Å². The molecular weight excluding hydrogens is 326 g/mol. The molecule has 0 fully saturated rings. The van der Waals surface area contributed by atoms with Gasteiger partial charge in [-0.2, -0.15) is 0 Å². The van der Waals surface area contributed by atoms with Crippen LogP contribution in [0.3, 0.4) is 0 Å². The highest BCUT2D eigenvalue weighted by atomic mass is 16.2. The molecule has 0 bridgehead atoms. The summed E-state index contributed by atoms with van der Waals surface area (Å²) in [7, 11) is 0. The first-order valence-electron chi connectivity index (χ1n) is 8.87. The number of benzene rings is 2. The summed E-state index contributed by atoms with van der Waals surface area (Å²) in [4.78, 5) is 23.5. The number of imide groups is 1. The number of amides is 3. The number of primary amides is 1. The second kappa shape index (κ2) is 9.15. The van der Waals surface area contributed by atoms with E-state index in [-0.39, 0.29) is 6.04 Å². The number of hydrogen-bond acceptors (Lipinski definition) is 3. The van der Waals surface area contributed by atoms with Crippen LogP contribution >= 0.6 is 0 Å². The third-order valence-electron chi connectivity index (χ3n) is 4.18. The number of carbonyl (C=O) groups excluding carboxylic acids is 2. The molecule has 0 aromatic heterocycles. The van der Waals surface area contributed by atoms with Gasteiger partial charge < -0.3 is 5.73 Å². The van der Waals surface area contributed by atoms with Gasteiger partial charge in [-0.15, -0.1) is 0 Å². The molecule has 0 aliphatic carbocycles. The minimum absolute atomic E-state index is 0.0769. The first-order valence-corrected chi connectivity index (χ1v) is 8.87. The van der Waals surface area contributed by atoms with Gasteiger partial charge in [0.25, 0.3) is 0 Å². The summed E-state index contributed by atoms with van der Waals surface area (Å²) in [5.41, 5.74) is 8.25. The van der Waals surface area contributed by atoms with Gasteiger partial charge in [0, 0.05) is 6.04 Å². The number of nitrogens with two attached hydrogens (primary N) is 1. The Balaban J connectivity index is 2.16. The standard InChI is InChI=1S/C21H27N3O2/c1-14(2)13-16-9-11-17(12-10-16)15(3)23-19(20(25)24-21(22)26)18-7-5-4-6-8-18/h4-12,14-15,19,23H,13H2,1-3H3,(H3,22,24,25,26)/t15-,19+/m1/s1. The van der Waals surface area contributed by atoms with Gasteiger partial charge in [0.1, 0.15) is 6.04 Å². The summed E-state index contributed by atoms with van der Waals surface area (Å²) >= 11 is 0. The molecule has 2 atom stereocenters. The lowest BCUT2D eigenvalue weighted by molar-refractivity contribution is -0.122. The maximum atomic E-state index is 12.4. The Hall–Kier alpha value is -2.66. The molecule has 0 heterocycles. The van der Waals surface area contributed by atoms with Crippen LogP contribution in [0.5, 0.6) is 0 Å². The fourth-order valence-electron chi connectivity index (χ4n) is 2.92. The molecule has 4 N–H and O–H groups in total. The fraction of sp³-hybridized carbons (Fsp3) is 0.333. The molecule has 26 heavy (non-hydrogen) atoms. The second-order valence-electron chi connectivity index (χ2n) is 6.93. The van der Waals surface area contributed by atoms with Gasteiger partial charge in [-0.3, -0.25) is 15.4 Å². The molecule has 0 unspecified atom stereocenters. The van der Waals surface area contributed by atoms with Crippen molar-refractivity contribution in [3.63, 3.8) is 0 Å².